The molecule has 0 amide bonds. The number of para-hydroxylation sites is 1. The van der Waals surface area contributed by atoms with Crippen molar-refractivity contribution in [3.63, 3.8) is 0 Å². The zero-order valence-corrected chi connectivity index (χ0v) is 11.9. The summed E-state index contributed by atoms with van der Waals surface area (Å²) in [4.78, 5) is 11.4. The molecule has 0 heterocycles. The van der Waals surface area contributed by atoms with E-state index in [0.29, 0.717) is 12.1 Å². The van der Waals surface area contributed by atoms with Gasteiger partial charge in [-0.25, -0.2) is 0 Å². The molecule has 0 aromatic heterocycles. The summed E-state index contributed by atoms with van der Waals surface area (Å²) in [5, 5.41) is 22.8. The van der Waals surface area contributed by atoms with Crippen molar-refractivity contribution >= 4 is 5.97 Å². The van der Waals surface area contributed by atoms with Crippen LogP contribution >= 0.6 is 0 Å². The van der Waals surface area contributed by atoms with Gasteiger partial charge in [0.05, 0.1) is 12.0 Å². The van der Waals surface area contributed by atoms with Gasteiger partial charge in [-0.05, 0) is 18.2 Å². The van der Waals surface area contributed by atoms with E-state index < -0.39 is 11.5 Å². The van der Waals surface area contributed by atoms with Gasteiger partial charge in [0.15, 0.2) is 0 Å². The molecule has 2 aromatic carbocycles. The van der Waals surface area contributed by atoms with E-state index in [-0.39, 0.29) is 12.2 Å². The molecule has 0 bridgehead atoms. The van der Waals surface area contributed by atoms with Gasteiger partial charge < -0.3 is 15.5 Å². The van der Waals surface area contributed by atoms with Crippen LogP contribution in [0.3, 0.4) is 0 Å². The van der Waals surface area contributed by atoms with E-state index in [2.05, 4.69) is 5.32 Å². The van der Waals surface area contributed by atoms with Crippen LogP contribution in [0.25, 0.3) is 0 Å². The quantitative estimate of drug-likeness (QED) is 0.763. The minimum Gasteiger partial charge on any atom is -0.508 e. The van der Waals surface area contributed by atoms with Crippen molar-refractivity contribution in [3.05, 3.63) is 65.7 Å². The number of aliphatic carboxylic acids is 1. The van der Waals surface area contributed by atoms with Gasteiger partial charge in [0.1, 0.15) is 5.75 Å². The molecule has 0 radical (unpaired) electrons. The molecule has 4 heteroatoms. The molecule has 0 fully saturated rings. The van der Waals surface area contributed by atoms with Crippen LogP contribution in [0.15, 0.2) is 54.6 Å². The first-order chi connectivity index (χ1) is 10.1. The van der Waals surface area contributed by atoms with E-state index >= 15 is 0 Å². The molecule has 4 nitrogen and oxygen atoms in total. The highest BCUT2D eigenvalue weighted by Gasteiger charge is 2.37. The SMILES string of the molecule is CCNC(CC(=O)O)(c1ccccc1)c1ccccc1O. The summed E-state index contributed by atoms with van der Waals surface area (Å²) in [5.74, 6) is -0.841. The molecule has 2 aromatic rings. The Kier molecular flexibility index (Phi) is 4.60. The first-order valence-electron chi connectivity index (χ1n) is 6.91. The summed E-state index contributed by atoms with van der Waals surface area (Å²) >= 11 is 0. The molecule has 0 spiro atoms. The minimum atomic E-state index is -0.951. The van der Waals surface area contributed by atoms with Crippen LogP contribution in [0.5, 0.6) is 5.75 Å². The third kappa shape index (κ3) is 3.06. The number of rotatable bonds is 6. The normalized spacial score (nSPS) is 13.6. The first kappa shape index (κ1) is 15.1. The summed E-state index contributed by atoms with van der Waals surface area (Å²) in [6, 6.07) is 16.2. The third-order valence-corrected chi connectivity index (χ3v) is 3.53. The Morgan fingerprint density at radius 1 is 1.10 bits per heavy atom. The maximum absolute atomic E-state index is 11.4. The van der Waals surface area contributed by atoms with Crippen LogP contribution in [0, 0.1) is 0 Å². The van der Waals surface area contributed by atoms with Crippen LogP contribution in [0.1, 0.15) is 24.5 Å². The minimum absolute atomic E-state index is 0.0866. The largest absolute Gasteiger partial charge is 0.508 e. The number of aromatic hydroxyl groups is 1. The average molecular weight is 285 g/mol. The summed E-state index contributed by atoms with van der Waals surface area (Å²) in [6.07, 6.45) is -0.150. The van der Waals surface area contributed by atoms with Gasteiger partial charge in [-0.1, -0.05) is 55.5 Å². The maximum Gasteiger partial charge on any atom is 0.305 e. The van der Waals surface area contributed by atoms with Crippen molar-refractivity contribution in [1.82, 2.24) is 5.32 Å². The molecule has 1 atom stereocenters. The van der Waals surface area contributed by atoms with E-state index in [1.54, 1.807) is 24.3 Å². The summed E-state index contributed by atoms with van der Waals surface area (Å²) in [6.45, 7) is 2.50. The first-order valence-corrected chi connectivity index (χ1v) is 6.91. The summed E-state index contributed by atoms with van der Waals surface area (Å²) in [7, 11) is 0. The standard InChI is InChI=1S/C17H19NO3/c1-2-18-17(12-16(20)21,13-8-4-3-5-9-13)14-10-6-7-11-15(14)19/h3-11,18-19H,2,12H2,1H3,(H,20,21). The molecule has 0 aliphatic heterocycles. The van der Waals surface area contributed by atoms with Gasteiger partial charge in [-0.15, -0.1) is 0 Å². The van der Waals surface area contributed by atoms with Crippen molar-refractivity contribution in [2.75, 3.05) is 6.54 Å². The molecule has 21 heavy (non-hydrogen) atoms. The van der Waals surface area contributed by atoms with Gasteiger partial charge in [0.25, 0.3) is 0 Å². The van der Waals surface area contributed by atoms with Crippen molar-refractivity contribution < 1.29 is 15.0 Å². The number of carbonyl (C=O) groups is 1. The lowest BCUT2D eigenvalue weighted by Crippen LogP contribution is -2.45. The fourth-order valence-electron chi connectivity index (χ4n) is 2.70. The zero-order chi connectivity index (χ0) is 15.3. The van der Waals surface area contributed by atoms with E-state index in [1.807, 2.05) is 37.3 Å². The van der Waals surface area contributed by atoms with Crippen molar-refractivity contribution in [2.45, 2.75) is 18.9 Å². The second-order valence-corrected chi connectivity index (χ2v) is 4.89. The van der Waals surface area contributed by atoms with E-state index in [9.17, 15) is 15.0 Å². The predicted octanol–water partition coefficient (Wildman–Crippen LogP) is 2.72. The van der Waals surface area contributed by atoms with Gasteiger partial charge in [-0.2, -0.15) is 0 Å². The highest BCUT2D eigenvalue weighted by Crippen LogP contribution is 2.37. The Balaban J connectivity index is 2.67. The second kappa shape index (κ2) is 6.41. The number of hydrogen-bond acceptors (Lipinski definition) is 3. The Hall–Kier alpha value is -2.33. The van der Waals surface area contributed by atoms with Gasteiger partial charge in [-0.3, -0.25) is 4.79 Å². The Morgan fingerprint density at radius 3 is 2.29 bits per heavy atom. The summed E-state index contributed by atoms with van der Waals surface area (Å²) < 4.78 is 0. The number of hydrogen-bond donors (Lipinski definition) is 3. The summed E-state index contributed by atoms with van der Waals surface area (Å²) in [5.41, 5.74) is 0.434. The predicted molar refractivity (Wildman–Crippen MR) is 81.3 cm³/mol. The fourth-order valence-corrected chi connectivity index (χ4v) is 2.70. The van der Waals surface area contributed by atoms with Crippen LogP contribution in [0.4, 0.5) is 0 Å². The van der Waals surface area contributed by atoms with Crippen molar-refractivity contribution in [3.8, 4) is 5.75 Å². The second-order valence-electron chi connectivity index (χ2n) is 4.89. The molecule has 0 saturated heterocycles. The number of phenolic OH excluding ortho intramolecular Hbond substituents is 1. The zero-order valence-electron chi connectivity index (χ0n) is 11.9. The number of nitrogens with one attached hydrogen (secondary N) is 1. The molecular formula is C17H19NO3. The molecule has 2 rings (SSSR count). The highest BCUT2D eigenvalue weighted by molar-refractivity contribution is 5.71. The third-order valence-electron chi connectivity index (χ3n) is 3.53. The van der Waals surface area contributed by atoms with E-state index in [4.69, 9.17) is 0 Å². The van der Waals surface area contributed by atoms with Crippen LogP contribution in [-0.4, -0.2) is 22.7 Å². The number of carboxylic acids is 1. The van der Waals surface area contributed by atoms with Gasteiger partial charge in [0, 0.05) is 5.56 Å². The smallest absolute Gasteiger partial charge is 0.305 e. The van der Waals surface area contributed by atoms with Crippen LogP contribution in [-0.2, 0) is 10.3 Å². The lowest BCUT2D eigenvalue weighted by molar-refractivity contribution is -0.138. The average Bonchev–Trinajstić information content (AvgIpc) is 2.47. The van der Waals surface area contributed by atoms with E-state index in [1.165, 1.54) is 0 Å². The lowest BCUT2D eigenvalue weighted by Gasteiger charge is -2.35. The number of phenols is 1. The molecule has 0 aliphatic carbocycles. The molecular weight excluding hydrogens is 266 g/mol. The van der Waals surface area contributed by atoms with Crippen molar-refractivity contribution in [1.29, 1.82) is 0 Å². The Bertz CT molecular complexity index is 612. The van der Waals surface area contributed by atoms with Crippen LogP contribution < -0.4 is 5.32 Å². The van der Waals surface area contributed by atoms with Crippen LogP contribution in [0.2, 0.25) is 0 Å². The van der Waals surface area contributed by atoms with Crippen molar-refractivity contribution in [2.24, 2.45) is 0 Å². The maximum atomic E-state index is 11.4. The van der Waals surface area contributed by atoms with Gasteiger partial charge in [0.2, 0.25) is 0 Å². The number of carboxylic acid groups (broad SMARTS) is 1. The van der Waals surface area contributed by atoms with E-state index in [0.717, 1.165) is 5.56 Å². The molecule has 3 N–H and O–H groups in total. The number of benzene rings is 2. The molecule has 110 valence electrons. The van der Waals surface area contributed by atoms with Gasteiger partial charge >= 0.3 is 5.97 Å². The topological polar surface area (TPSA) is 69.6 Å². The molecule has 0 aliphatic rings. The lowest BCUT2D eigenvalue weighted by atomic mass is 9.79. The Morgan fingerprint density at radius 2 is 1.71 bits per heavy atom. The molecule has 1 unspecified atom stereocenters. The monoisotopic (exact) mass is 285 g/mol. The highest BCUT2D eigenvalue weighted by atomic mass is 16.4. The fraction of sp³-hybridized carbons (Fsp3) is 0.235. The Labute approximate surface area is 124 Å². The molecule has 0 saturated carbocycles.